The van der Waals surface area contributed by atoms with E-state index in [4.69, 9.17) is 15.2 Å². The molecule has 2 N–H and O–H groups in total. The number of rotatable bonds is 9. The van der Waals surface area contributed by atoms with Gasteiger partial charge in [0.25, 0.3) is 0 Å². The second-order valence-corrected chi connectivity index (χ2v) is 4.86. The van der Waals surface area contributed by atoms with E-state index in [1.807, 2.05) is 0 Å². The highest BCUT2D eigenvalue weighted by Gasteiger charge is 2.14. The zero-order valence-corrected chi connectivity index (χ0v) is 13.8. The highest BCUT2D eigenvalue weighted by Crippen LogP contribution is 2.11. The van der Waals surface area contributed by atoms with E-state index in [2.05, 4.69) is 0 Å². The van der Waals surface area contributed by atoms with Gasteiger partial charge < -0.3 is 20.1 Å². The van der Waals surface area contributed by atoms with Gasteiger partial charge in [0, 0.05) is 26.1 Å². The third kappa shape index (κ3) is 8.17. The first kappa shape index (κ1) is 20.6. The number of halogens is 2. The molecule has 0 bridgehead atoms. The molecule has 0 aliphatic carbocycles. The standard InChI is InChI=1S/C15H23FN2O3.ClH/c1-12(17)11-15(19)18(7-9-20-2)8-10-21-14-5-3-13(16)4-6-14;/h3-6,12H,7-11,17H2,1-2H3;1H. The average Bonchev–Trinajstić information content (AvgIpc) is 2.43. The van der Waals surface area contributed by atoms with Crippen molar-refractivity contribution in [2.75, 3.05) is 33.4 Å². The van der Waals surface area contributed by atoms with Crippen molar-refractivity contribution in [1.82, 2.24) is 4.90 Å². The number of hydrogen-bond acceptors (Lipinski definition) is 4. The Morgan fingerprint density at radius 3 is 2.41 bits per heavy atom. The van der Waals surface area contributed by atoms with Crippen LogP contribution in [0.15, 0.2) is 24.3 Å². The van der Waals surface area contributed by atoms with Gasteiger partial charge in [-0.25, -0.2) is 4.39 Å². The van der Waals surface area contributed by atoms with Gasteiger partial charge in [0.2, 0.25) is 5.91 Å². The minimum atomic E-state index is -0.309. The van der Waals surface area contributed by atoms with Crippen LogP contribution in [0.4, 0.5) is 4.39 Å². The Hall–Kier alpha value is -1.37. The first-order valence-corrected chi connectivity index (χ1v) is 6.93. The molecule has 1 rings (SSSR count). The van der Waals surface area contributed by atoms with Crippen molar-refractivity contribution in [3.63, 3.8) is 0 Å². The monoisotopic (exact) mass is 334 g/mol. The molecule has 0 radical (unpaired) electrons. The topological polar surface area (TPSA) is 64.8 Å². The molecule has 1 atom stereocenters. The first-order valence-electron chi connectivity index (χ1n) is 6.93. The molecule has 7 heteroatoms. The Bertz CT molecular complexity index is 429. The maximum absolute atomic E-state index is 12.8. The lowest BCUT2D eigenvalue weighted by atomic mass is 10.2. The zero-order chi connectivity index (χ0) is 15.7. The van der Waals surface area contributed by atoms with Gasteiger partial charge in [0.15, 0.2) is 0 Å². The molecule has 0 spiro atoms. The molecule has 0 heterocycles. The second-order valence-electron chi connectivity index (χ2n) is 4.86. The Morgan fingerprint density at radius 2 is 1.86 bits per heavy atom. The summed E-state index contributed by atoms with van der Waals surface area (Å²) in [5.74, 6) is 0.240. The summed E-state index contributed by atoms with van der Waals surface area (Å²) in [4.78, 5) is 13.7. The number of methoxy groups -OCH3 is 1. The predicted molar refractivity (Wildman–Crippen MR) is 85.9 cm³/mol. The van der Waals surface area contributed by atoms with E-state index in [1.165, 1.54) is 12.1 Å². The molecule has 1 aromatic carbocycles. The van der Waals surface area contributed by atoms with Gasteiger partial charge in [-0.2, -0.15) is 0 Å². The molecule has 0 aliphatic heterocycles. The van der Waals surface area contributed by atoms with Crippen molar-refractivity contribution >= 4 is 18.3 Å². The van der Waals surface area contributed by atoms with Crippen LogP contribution in [0.1, 0.15) is 13.3 Å². The maximum atomic E-state index is 12.8. The van der Waals surface area contributed by atoms with Crippen molar-refractivity contribution in [2.24, 2.45) is 5.73 Å². The van der Waals surface area contributed by atoms with Crippen molar-refractivity contribution in [3.05, 3.63) is 30.1 Å². The van der Waals surface area contributed by atoms with E-state index in [9.17, 15) is 9.18 Å². The number of benzene rings is 1. The van der Waals surface area contributed by atoms with E-state index in [1.54, 1.807) is 31.1 Å². The van der Waals surface area contributed by atoms with Crippen LogP contribution in [-0.4, -0.2) is 50.3 Å². The van der Waals surface area contributed by atoms with E-state index in [-0.39, 0.29) is 30.2 Å². The van der Waals surface area contributed by atoms with Gasteiger partial charge in [-0.3, -0.25) is 4.79 Å². The van der Waals surface area contributed by atoms with Gasteiger partial charge in [-0.05, 0) is 31.2 Å². The van der Waals surface area contributed by atoms with Crippen LogP contribution in [0.25, 0.3) is 0 Å². The minimum absolute atomic E-state index is 0. The van der Waals surface area contributed by atoms with Crippen LogP contribution in [-0.2, 0) is 9.53 Å². The number of nitrogens with two attached hydrogens (primary N) is 1. The third-order valence-electron chi connectivity index (χ3n) is 2.86. The summed E-state index contributed by atoms with van der Waals surface area (Å²) in [5, 5.41) is 0. The Balaban J connectivity index is 0.00000441. The summed E-state index contributed by atoms with van der Waals surface area (Å²) in [7, 11) is 1.59. The summed E-state index contributed by atoms with van der Waals surface area (Å²) in [6.07, 6.45) is 0.292. The van der Waals surface area contributed by atoms with Gasteiger partial charge in [-0.15, -0.1) is 12.4 Å². The van der Waals surface area contributed by atoms with Crippen molar-refractivity contribution in [3.8, 4) is 5.75 Å². The van der Waals surface area contributed by atoms with E-state index < -0.39 is 0 Å². The largest absolute Gasteiger partial charge is 0.492 e. The Labute approximate surface area is 137 Å². The van der Waals surface area contributed by atoms with E-state index in [0.29, 0.717) is 38.5 Å². The van der Waals surface area contributed by atoms with Crippen LogP contribution in [0.3, 0.4) is 0 Å². The molecule has 0 saturated carbocycles. The SMILES string of the molecule is COCCN(CCOc1ccc(F)cc1)C(=O)CC(C)N.Cl. The van der Waals surface area contributed by atoms with Crippen LogP contribution < -0.4 is 10.5 Å². The van der Waals surface area contributed by atoms with Gasteiger partial charge >= 0.3 is 0 Å². The molecule has 1 amide bonds. The van der Waals surface area contributed by atoms with Gasteiger partial charge in [0.1, 0.15) is 18.2 Å². The number of ether oxygens (including phenoxy) is 2. The molecule has 0 saturated heterocycles. The lowest BCUT2D eigenvalue weighted by Gasteiger charge is -2.23. The third-order valence-corrected chi connectivity index (χ3v) is 2.86. The van der Waals surface area contributed by atoms with Gasteiger partial charge in [0.05, 0.1) is 13.2 Å². The number of carbonyl (C=O) groups is 1. The fraction of sp³-hybridized carbons (Fsp3) is 0.533. The van der Waals surface area contributed by atoms with Crippen LogP contribution >= 0.6 is 12.4 Å². The lowest BCUT2D eigenvalue weighted by Crippen LogP contribution is -2.39. The highest BCUT2D eigenvalue weighted by molar-refractivity contribution is 5.85. The Kier molecular flexibility index (Phi) is 10.5. The molecule has 1 aromatic rings. The Morgan fingerprint density at radius 1 is 1.27 bits per heavy atom. The number of nitrogens with zero attached hydrogens (tertiary/aromatic N) is 1. The molecule has 0 fully saturated rings. The van der Waals surface area contributed by atoms with Crippen LogP contribution in [0, 0.1) is 5.82 Å². The summed E-state index contributed by atoms with van der Waals surface area (Å²) in [6.45, 7) is 3.52. The molecule has 126 valence electrons. The smallest absolute Gasteiger partial charge is 0.224 e. The predicted octanol–water partition coefficient (Wildman–Crippen LogP) is 1.84. The highest BCUT2D eigenvalue weighted by atomic mass is 35.5. The molecule has 22 heavy (non-hydrogen) atoms. The molecule has 1 unspecified atom stereocenters. The maximum Gasteiger partial charge on any atom is 0.224 e. The summed E-state index contributed by atoms with van der Waals surface area (Å²) in [5.41, 5.74) is 5.65. The zero-order valence-electron chi connectivity index (χ0n) is 13.0. The van der Waals surface area contributed by atoms with E-state index in [0.717, 1.165) is 0 Å². The van der Waals surface area contributed by atoms with Crippen molar-refractivity contribution in [1.29, 1.82) is 0 Å². The number of carbonyl (C=O) groups excluding carboxylic acids is 1. The summed E-state index contributed by atoms with van der Waals surface area (Å²) >= 11 is 0. The quantitative estimate of drug-likeness (QED) is 0.748. The fourth-order valence-electron chi connectivity index (χ4n) is 1.77. The van der Waals surface area contributed by atoms with E-state index >= 15 is 0 Å². The average molecular weight is 335 g/mol. The molecule has 0 aromatic heterocycles. The van der Waals surface area contributed by atoms with Gasteiger partial charge in [-0.1, -0.05) is 0 Å². The van der Waals surface area contributed by atoms with Crippen molar-refractivity contribution in [2.45, 2.75) is 19.4 Å². The van der Waals surface area contributed by atoms with Crippen molar-refractivity contribution < 1.29 is 18.7 Å². The molecular weight excluding hydrogens is 311 g/mol. The fourth-order valence-corrected chi connectivity index (χ4v) is 1.77. The lowest BCUT2D eigenvalue weighted by molar-refractivity contribution is -0.132. The van der Waals surface area contributed by atoms with Crippen LogP contribution in [0.2, 0.25) is 0 Å². The molecule has 0 aliphatic rings. The second kappa shape index (κ2) is 11.2. The minimum Gasteiger partial charge on any atom is -0.492 e. The first-order chi connectivity index (χ1) is 10.0. The number of hydrogen-bond donors (Lipinski definition) is 1. The molecule has 5 nitrogen and oxygen atoms in total. The molecular formula is C15H24ClFN2O3. The summed E-state index contributed by atoms with van der Waals surface area (Å²) in [6, 6.07) is 5.59. The summed E-state index contributed by atoms with van der Waals surface area (Å²) < 4.78 is 23.3. The van der Waals surface area contributed by atoms with Crippen LogP contribution in [0.5, 0.6) is 5.75 Å². The number of amides is 1. The normalized spacial score (nSPS) is 11.5.